The van der Waals surface area contributed by atoms with Crippen LogP contribution in [0.25, 0.3) is 38.9 Å². The summed E-state index contributed by atoms with van der Waals surface area (Å²) in [6.07, 6.45) is 1.54. The SMILES string of the molecule is COC(=O)c1c(C)c(-n2cnc3c(-c4ccccc4)cc(F)cc32)nc2ccc(F)cc12. The first kappa shape index (κ1) is 19.8. The highest BCUT2D eigenvalue weighted by Gasteiger charge is 2.22. The number of methoxy groups -OCH3 is 1. The van der Waals surface area contributed by atoms with Gasteiger partial charge >= 0.3 is 5.97 Å². The summed E-state index contributed by atoms with van der Waals surface area (Å²) in [5.41, 5.74) is 3.65. The molecule has 158 valence electrons. The van der Waals surface area contributed by atoms with E-state index in [9.17, 15) is 13.6 Å². The van der Waals surface area contributed by atoms with E-state index in [-0.39, 0.29) is 5.56 Å². The van der Waals surface area contributed by atoms with E-state index < -0.39 is 17.6 Å². The van der Waals surface area contributed by atoms with Gasteiger partial charge < -0.3 is 4.74 Å². The first-order chi connectivity index (χ1) is 15.5. The van der Waals surface area contributed by atoms with Crippen molar-refractivity contribution >= 4 is 27.9 Å². The summed E-state index contributed by atoms with van der Waals surface area (Å²) in [6.45, 7) is 1.70. The van der Waals surface area contributed by atoms with Crippen molar-refractivity contribution in [2.45, 2.75) is 6.92 Å². The number of aromatic nitrogens is 3. The van der Waals surface area contributed by atoms with E-state index in [4.69, 9.17) is 4.74 Å². The lowest BCUT2D eigenvalue weighted by molar-refractivity contribution is 0.0602. The third-order valence-corrected chi connectivity index (χ3v) is 5.48. The fraction of sp³-hybridized carbons (Fsp3) is 0.0800. The number of carbonyl (C=O) groups excluding carboxylic acids is 1. The van der Waals surface area contributed by atoms with Gasteiger partial charge in [-0.15, -0.1) is 0 Å². The smallest absolute Gasteiger partial charge is 0.338 e. The van der Waals surface area contributed by atoms with Crippen LogP contribution in [-0.4, -0.2) is 27.6 Å². The highest BCUT2D eigenvalue weighted by Crippen LogP contribution is 2.32. The molecule has 0 saturated heterocycles. The summed E-state index contributed by atoms with van der Waals surface area (Å²) < 4.78 is 35.1. The summed E-state index contributed by atoms with van der Waals surface area (Å²) in [4.78, 5) is 21.7. The summed E-state index contributed by atoms with van der Waals surface area (Å²) in [5, 5.41) is 0.346. The number of halogens is 2. The molecule has 2 aromatic heterocycles. The topological polar surface area (TPSA) is 57.0 Å². The molecule has 0 aliphatic heterocycles. The molecule has 7 heteroatoms. The van der Waals surface area contributed by atoms with Crippen LogP contribution in [0.1, 0.15) is 15.9 Å². The average Bonchev–Trinajstić information content (AvgIpc) is 3.21. The van der Waals surface area contributed by atoms with Gasteiger partial charge in [-0.05, 0) is 36.8 Å². The Morgan fingerprint density at radius 3 is 2.53 bits per heavy atom. The zero-order valence-corrected chi connectivity index (χ0v) is 17.3. The maximum Gasteiger partial charge on any atom is 0.338 e. The van der Waals surface area contributed by atoms with Crippen LogP contribution in [0.3, 0.4) is 0 Å². The molecular formula is C25H17F2N3O2. The highest BCUT2D eigenvalue weighted by atomic mass is 19.1. The standard InChI is InChI=1S/C25H17F2N3O2/c1-14-22(25(31)32-2)19-10-16(26)8-9-20(19)29-24(14)30-13-28-23-18(11-17(27)12-21(23)30)15-6-4-3-5-7-15/h3-13H,1-2H3. The zero-order chi connectivity index (χ0) is 22.4. The van der Waals surface area contributed by atoms with Crippen LogP contribution in [-0.2, 0) is 4.74 Å². The molecule has 5 aromatic rings. The van der Waals surface area contributed by atoms with Gasteiger partial charge in [0, 0.05) is 22.6 Å². The monoisotopic (exact) mass is 429 g/mol. The third kappa shape index (κ3) is 3.10. The summed E-state index contributed by atoms with van der Waals surface area (Å²) in [6, 6.07) is 16.3. The van der Waals surface area contributed by atoms with E-state index in [1.165, 1.54) is 37.4 Å². The van der Waals surface area contributed by atoms with Gasteiger partial charge in [0.1, 0.15) is 23.8 Å². The predicted octanol–water partition coefficient (Wildman–Crippen LogP) is 5.61. The number of rotatable bonds is 3. The maximum atomic E-state index is 14.6. The summed E-state index contributed by atoms with van der Waals surface area (Å²) in [7, 11) is 1.27. The van der Waals surface area contributed by atoms with Crippen molar-refractivity contribution in [2.75, 3.05) is 7.11 Å². The second-order valence-electron chi connectivity index (χ2n) is 7.39. The van der Waals surface area contributed by atoms with Crippen LogP contribution in [0.2, 0.25) is 0 Å². The predicted molar refractivity (Wildman–Crippen MR) is 118 cm³/mol. The van der Waals surface area contributed by atoms with E-state index >= 15 is 0 Å². The fourth-order valence-corrected chi connectivity index (χ4v) is 4.01. The molecular weight excluding hydrogens is 412 g/mol. The molecule has 2 heterocycles. The average molecular weight is 429 g/mol. The molecule has 5 rings (SSSR count). The molecule has 32 heavy (non-hydrogen) atoms. The van der Waals surface area contributed by atoms with Gasteiger partial charge in [-0.1, -0.05) is 30.3 Å². The Bertz CT molecular complexity index is 1510. The Morgan fingerprint density at radius 1 is 1.00 bits per heavy atom. The molecule has 0 radical (unpaired) electrons. The highest BCUT2D eigenvalue weighted by molar-refractivity contribution is 6.06. The van der Waals surface area contributed by atoms with E-state index in [1.807, 2.05) is 30.3 Å². The number of nitrogens with zero attached hydrogens (tertiary/aromatic N) is 3. The van der Waals surface area contributed by atoms with E-state index in [2.05, 4.69) is 9.97 Å². The van der Waals surface area contributed by atoms with Gasteiger partial charge in [-0.3, -0.25) is 4.57 Å². The Kier molecular flexibility index (Phi) is 4.66. The van der Waals surface area contributed by atoms with Crippen LogP contribution >= 0.6 is 0 Å². The Morgan fingerprint density at radius 2 is 1.78 bits per heavy atom. The largest absolute Gasteiger partial charge is 0.465 e. The molecule has 0 saturated carbocycles. The van der Waals surface area contributed by atoms with Crippen molar-refractivity contribution in [3.63, 3.8) is 0 Å². The molecule has 0 N–H and O–H groups in total. The van der Waals surface area contributed by atoms with Gasteiger partial charge in [0.25, 0.3) is 0 Å². The Balaban J connectivity index is 1.83. The van der Waals surface area contributed by atoms with Gasteiger partial charge in [-0.2, -0.15) is 0 Å². The number of hydrogen-bond acceptors (Lipinski definition) is 4. The minimum absolute atomic E-state index is 0.202. The lowest BCUT2D eigenvalue weighted by Crippen LogP contribution is -2.10. The first-order valence-corrected chi connectivity index (χ1v) is 9.88. The van der Waals surface area contributed by atoms with Crippen molar-refractivity contribution in [1.29, 1.82) is 0 Å². The lowest BCUT2D eigenvalue weighted by Gasteiger charge is -2.14. The Labute approximate surface area is 181 Å². The van der Waals surface area contributed by atoms with Crippen molar-refractivity contribution in [2.24, 2.45) is 0 Å². The molecule has 0 fully saturated rings. The molecule has 3 aromatic carbocycles. The van der Waals surface area contributed by atoms with Crippen LogP contribution in [0.15, 0.2) is 67.0 Å². The van der Waals surface area contributed by atoms with Crippen LogP contribution in [0, 0.1) is 18.6 Å². The van der Waals surface area contributed by atoms with Gasteiger partial charge in [0.15, 0.2) is 0 Å². The van der Waals surface area contributed by atoms with E-state index in [0.717, 1.165) is 5.56 Å². The molecule has 0 spiro atoms. The minimum atomic E-state index is -0.609. The molecule has 0 bridgehead atoms. The number of imidazole rings is 1. The summed E-state index contributed by atoms with van der Waals surface area (Å²) >= 11 is 0. The molecule has 0 amide bonds. The van der Waals surface area contributed by atoms with Crippen molar-refractivity contribution in [3.8, 4) is 16.9 Å². The minimum Gasteiger partial charge on any atom is -0.465 e. The van der Waals surface area contributed by atoms with Crippen molar-refractivity contribution < 1.29 is 18.3 Å². The van der Waals surface area contributed by atoms with Crippen LogP contribution < -0.4 is 0 Å². The quantitative estimate of drug-likeness (QED) is 0.350. The second kappa shape index (κ2) is 7.53. The number of carbonyl (C=O) groups is 1. The molecule has 0 atom stereocenters. The Hall–Kier alpha value is -4.13. The van der Waals surface area contributed by atoms with Gasteiger partial charge in [0.05, 0.1) is 29.2 Å². The van der Waals surface area contributed by atoms with E-state index in [1.54, 1.807) is 17.8 Å². The van der Waals surface area contributed by atoms with Crippen LogP contribution in [0.5, 0.6) is 0 Å². The molecule has 5 nitrogen and oxygen atoms in total. The fourth-order valence-electron chi connectivity index (χ4n) is 4.01. The number of fused-ring (bicyclic) bond motifs is 2. The number of pyridine rings is 1. The number of esters is 1. The molecule has 0 unspecified atom stereocenters. The second-order valence-corrected chi connectivity index (χ2v) is 7.39. The first-order valence-electron chi connectivity index (χ1n) is 9.88. The van der Waals surface area contributed by atoms with Crippen LogP contribution in [0.4, 0.5) is 8.78 Å². The third-order valence-electron chi connectivity index (χ3n) is 5.48. The van der Waals surface area contributed by atoms with Crippen molar-refractivity contribution in [1.82, 2.24) is 14.5 Å². The lowest BCUT2D eigenvalue weighted by atomic mass is 10.0. The number of hydrogen-bond donors (Lipinski definition) is 0. The normalized spacial score (nSPS) is 11.2. The van der Waals surface area contributed by atoms with E-state index in [0.29, 0.717) is 38.9 Å². The van der Waals surface area contributed by atoms with Crippen molar-refractivity contribution in [3.05, 3.63) is 89.8 Å². The molecule has 0 aliphatic rings. The summed E-state index contributed by atoms with van der Waals surface area (Å²) in [5.74, 6) is -1.13. The number of benzene rings is 3. The van der Waals surface area contributed by atoms with Gasteiger partial charge in [0.2, 0.25) is 0 Å². The zero-order valence-electron chi connectivity index (χ0n) is 17.3. The maximum absolute atomic E-state index is 14.6. The van der Waals surface area contributed by atoms with Gasteiger partial charge in [-0.25, -0.2) is 23.5 Å². The molecule has 0 aliphatic carbocycles. The number of ether oxygens (including phenoxy) is 1.